The van der Waals surface area contributed by atoms with Crippen molar-refractivity contribution in [1.82, 2.24) is 4.98 Å². The van der Waals surface area contributed by atoms with E-state index in [-0.39, 0.29) is 18.1 Å². The summed E-state index contributed by atoms with van der Waals surface area (Å²) in [5.74, 6) is -5.93. The summed E-state index contributed by atoms with van der Waals surface area (Å²) in [6.07, 6.45) is -4.30. The summed E-state index contributed by atoms with van der Waals surface area (Å²) in [6, 6.07) is 1.29. The number of pyridine rings is 1. The summed E-state index contributed by atoms with van der Waals surface area (Å²) in [4.78, 5) is 19.4. The summed E-state index contributed by atoms with van der Waals surface area (Å²) in [6.45, 7) is -1.41. The zero-order valence-corrected chi connectivity index (χ0v) is 16.1. The number of nitrogens with two attached hydrogens (primary N) is 1. The fourth-order valence-corrected chi connectivity index (χ4v) is 3.00. The number of aliphatic imine (C=N–C) groups is 1. The fourth-order valence-electron chi connectivity index (χ4n) is 2.75. The van der Waals surface area contributed by atoms with Crippen molar-refractivity contribution in [2.45, 2.75) is 18.1 Å². The second kappa shape index (κ2) is 8.35. The Morgan fingerprint density at radius 3 is 2.65 bits per heavy atom. The second-order valence-corrected chi connectivity index (χ2v) is 6.93. The average Bonchev–Trinajstić information content (AvgIpc) is 2.79. The van der Waals surface area contributed by atoms with Crippen LogP contribution in [0.4, 0.5) is 32.0 Å². The van der Waals surface area contributed by atoms with Gasteiger partial charge in [0.15, 0.2) is 0 Å². The van der Waals surface area contributed by atoms with Crippen molar-refractivity contribution >= 4 is 29.0 Å². The lowest BCUT2D eigenvalue weighted by atomic mass is 10.00. The smallest absolute Gasteiger partial charge is 0.386 e. The standard InChI is InChI=1S/C18H13ClF6N4O2/c19-11-3-8(18(23,24)25)5-27-14(11)16(30)28-9-1-2-12(20)10(4-9)15-17(21,22)7-31-6-13(26)29-15/h1-5,15H,6-7H2,(H2,26,29)(H,28,30). The molecule has 2 aromatic rings. The van der Waals surface area contributed by atoms with Gasteiger partial charge >= 0.3 is 6.18 Å². The van der Waals surface area contributed by atoms with Gasteiger partial charge in [-0.2, -0.15) is 13.2 Å². The average molecular weight is 467 g/mol. The van der Waals surface area contributed by atoms with Crippen LogP contribution >= 0.6 is 11.6 Å². The zero-order valence-electron chi connectivity index (χ0n) is 15.3. The number of hydrogen-bond acceptors (Lipinski definition) is 5. The fraction of sp³-hybridized carbons (Fsp3) is 0.278. The maximum atomic E-state index is 14.4. The lowest BCUT2D eigenvalue weighted by Crippen LogP contribution is -2.30. The third-order valence-electron chi connectivity index (χ3n) is 4.17. The van der Waals surface area contributed by atoms with E-state index < -0.39 is 58.3 Å². The van der Waals surface area contributed by atoms with Crippen LogP contribution in [0.5, 0.6) is 0 Å². The molecule has 1 aromatic heterocycles. The Balaban J connectivity index is 1.90. The second-order valence-electron chi connectivity index (χ2n) is 6.52. The van der Waals surface area contributed by atoms with Gasteiger partial charge in [0.2, 0.25) is 0 Å². The molecule has 0 spiro atoms. The number of amides is 1. The van der Waals surface area contributed by atoms with E-state index in [2.05, 4.69) is 15.3 Å². The SMILES string of the molecule is NC1=NC(c2cc(NC(=O)c3ncc(C(F)(F)F)cc3Cl)ccc2F)C(F)(F)COC1. The van der Waals surface area contributed by atoms with E-state index in [1.165, 1.54) is 0 Å². The molecule has 0 aliphatic carbocycles. The lowest BCUT2D eigenvalue weighted by molar-refractivity contribution is -0.137. The Hall–Kier alpha value is -2.86. The van der Waals surface area contributed by atoms with Crippen molar-refractivity contribution in [2.24, 2.45) is 10.7 Å². The van der Waals surface area contributed by atoms with Crippen molar-refractivity contribution in [3.63, 3.8) is 0 Å². The molecule has 166 valence electrons. The van der Waals surface area contributed by atoms with Crippen LogP contribution in [-0.2, 0) is 10.9 Å². The van der Waals surface area contributed by atoms with Crippen LogP contribution in [0, 0.1) is 5.82 Å². The first kappa shape index (κ1) is 22.8. The molecule has 0 bridgehead atoms. The highest BCUT2D eigenvalue weighted by atomic mass is 35.5. The van der Waals surface area contributed by atoms with E-state index >= 15 is 0 Å². The molecule has 3 N–H and O–H groups in total. The predicted molar refractivity (Wildman–Crippen MR) is 98.7 cm³/mol. The number of ether oxygens (including phenoxy) is 1. The molecule has 1 unspecified atom stereocenters. The Morgan fingerprint density at radius 1 is 1.29 bits per heavy atom. The summed E-state index contributed by atoms with van der Waals surface area (Å²) < 4.78 is 85.8. The first-order valence-corrected chi connectivity index (χ1v) is 8.87. The van der Waals surface area contributed by atoms with Crippen molar-refractivity contribution in [3.05, 3.63) is 58.1 Å². The number of carbonyl (C=O) groups excluding carboxylic acids is 1. The highest BCUT2D eigenvalue weighted by molar-refractivity contribution is 6.34. The molecule has 6 nitrogen and oxygen atoms in total. The maximum Gasteiger partial charge on any atom is 0.417 e. The van der Waals surface area contributed by atoms with Gasteiger partial charge in [-0.15, -0.1) is 0 Å². The van der Waals surface area contributed by atoms with E-state index in [4.69, 9.17) is 22.1 Å². The Labute approximate surface area is 176 Å². The van der Waals surface area contributed by atoms with E-state index in [9.17, 15) is 31.1 Å². The summed E-state index contributed by atoms with van der Waals surface area (Å²) in [7, 11) is 0. The number of hydrogen-bond donors (Lipinski definition) is 2. The van der Waals surface area contributed by atoms with Crippen LogP contribution in [0.2, 0.25) is 5.02 Å². The molecule has 1 atom stereocenters. The number of nitrogens with zero attached hydrogens (tertiary/aromatic N) is 2. The monoisotopic (exact) mass is 466 g/mol. The predicted octanol–water partition coefficient (Wildman–Crippen LogP) is 4.21. The van der Waals surface area contributed by atoms with Gasteiger partial charge in [0, 0.05) is 17.4 Å². The Morgan fingerprint density at radius 2 is 2.00 bits per heavy atom. The molecule has 1 aliphatic heterocycles. The topological polar surface area (TPSA) is 89.6 Å². The number of carbonyl (C=O) groups is 1. The van der Waals surface area contributed by atoms with Crippen LogP contribution in [0.1, 0.15) is 27.7 Å². The third kappa shape index (κ3) is 5.07. The first-order valence-electron chi connectivity index (χ1n) is 8.50. The number of benzene rings is 1. The Bertz CT molecular complexity index is 1040. The van der Waals surface area contributed by atoms with Crippen molar-refractivity contribution < 1.29 is 35.9 Å². The molecule has 1 amide bonds. The zero-order chi connectivity index (χ0) is 23.0. The van der Waals surface area contributed by atoms with Crippen LogP contribution in [0.25, 0.3) is 0 Å². The normalized spacial score (nSPS) is 18.8. The number of anilines is 1. The van der Waals surface area contributed by atoms with Gasteiger partial charge in [0.1, 0.15) is 36.6 Å². The molecule has 0 fully saturated rings. The van der Waals surface area contributed by atoms with Crippen LogP contribution in [0.3, 0.4) is 0 Å². The quantitative estimate of drug-likeness (QED) is 0.663. The highest BCUT2D eigenvalue weighted by Gasteiger charge is 2.44. The van der Waals surface area contributed by atoms with Crippen molar-refractivity contribution in [1.29, 1.82) is 0 Å². The molecular weight excluding hydrogens is 454 g/mol. The van der Waals surface area contributed by atoms with Gasteiger partial charge < -0.3 is 15.8 Å². The van der Waals surface area contributed by atoms with Crippen LogP contribution in [-0.4, -0.2) is 35.9 Å². The number of amidine groups is 1. The van der Waals surface area contributed by atoms with Gasteiger partial charge in [-0.25, -0.2) is 18.2 Å². The number of rotatable bonds is 3. The molecule has 3 rings (SSSR count). The number of nitrogens with one attached hydrogen (secondary N) is 1. The van der Waals surface area contributed by atoms with Gasteiger partial charge in [0.05, 0.1) is 10.6 Å². The molecule has 0 radical (unpaired) electrons. The number of alkyl halides is 5. The van der Waals surface area contributed by atoms with E-state index in [1.807, 2.05) is 0 Å². The molecule has 0 saturated heterocycles. The lowest BCUT2D eigenvalue weighted by Gasteiger charge is -2.22. The van der Waals surface area contributed by atoms with Gasteiger partial charge in [-0.05, 0) is 24.3 Å². The minimum Gasteiger partial charge on any atom is -0.386 e. The number of halogens is 7. The molecular formula is C18H13ClF6N4O2. The molecule has 31 heavy (non-hydrogen) atoms. The van der Waals surface area contributed by atoms with Crippen LogP contribution < -0.4 is 11.1 Å². The molecule has 1 aliphatic rings. The summed E-state index contributed by atoms with van der Waals surface area (Å²) in [5, 5.41) is 1.64. The summed E-state index contributed by atoms with van der Waals surface area (Å²) >= 11 is 5.72. The van der Waals surface area contributed by atoms with E-state index in [0.29, 0.717) is 12.3 Å². The van der Waals surface area contributed by atoms with Crippen LogP contribution in [0.15, 0.2) is 35.5 Å². The van der Waals surface area contributed by atoms with Gasteiger partial charge in [-0.3, -0.25) is 9.79 Å². The van der Waals surface area contributed by atoms with E-state index in [0.717, 1.165) is 18.2 Å². The molecule has 2 heterocycles. The van der Waals surface area contributed by atoms with Crippen molar-refractivity contribution in [3.8, 4) is 0 Å². The first-order chi connectivity index (χ1) is 14.4. The maximum absolute atomic E-state index is 14.4. The highest BCUT2D eigenvalue weighted by Crippen LogP contribution is 2.38. The third-order valence-corrected chi connectivity index (χ3v) is 4.46. The molecule has 0 saturated carbocycles. The molecule has 13 heteroatoms. The Kier molecular flexibility index (Phi) is 6.14. The summed E-state index contributed by atoms with van der Waals surface area (Å²) in [5.41, 5.74) is 3.07. The minimum atomic E-state index is -4.71. The van der Waals surface area contributed by atoms with Gasteiger partial charge in [0.25, 0.3) is 11.8 Å². The van der Waals surface area contributed by atoms with Crippen molar-refractivity contribution in [2.75, 3.05) is 18.5 Å². The minimum absolute atomic E-state index is 0.145. The van der Waals surface area contributed by atoms with Gasteiger partial charge in [-0.1, -0.05) is 11.6 Å². The molecule has 1 aromatic carbocycles. The largest absolute Gasteiger partial charge is 0.417 e. The number of aromatic nitrogens is 1. The van der Waals surface area contributed by atoms with E-state index in [1.54, 1.807) is 0 Å².